The van der Waals surface area contributed by atoms with Gasteiger partial charge in [-0.25, -0.2) is 9.78 Å². The van der Waals surface area contributed by atoms with Crippen molar-refractivity contribution in [3.8, 4) is 10.6 Å². The molecular weight excluding hydrogens is 484 g/mol. The van der Waals surface area contributed by atoms with Gasteiger partial charge in [0.2, 0.25) is 5.91 Å². The second-order valence-corrected chi connectivity index (χ2v) is 9.45. The first-order chi connectivity index (χ1) is 17.3. The fourth-order valence-corrected chi connectivity index (χ4v) is 4.69. The minimum absolute atomic E-state index is 0.0477. The fourth-order valence-electron chi connectivity index (χ4n) is 3.80. The maximum atomic E-state index is 13.2. The van der Waals surface area contributed by atoms with Crippen molar-refractivity contribution >= 4 is 35.2 Å². The summed E-state index contributed by atoms with van der Waals surface area (Å²) in [5.41, 5.74) is 2.12. The average Bonchev–Trinajstić information content (AvgIpc) is 3.36. The largest absolute Gasteiger partial charge is 0.481 e. The quantitative estimate of drug-likeness (QED) is 0.464. The van der Waals surface area contributed by atoms with E-state index in [-0.39, 0.29) is 37.5 Å². The van der Waals surface area contributed by atoms with E-state index in [9.17, 15) is 19.2 Å². The number of hydrogen-bond acceptors (Lipinski definition) is 7. The van der Waals surface area contributed by atoms with Crippen molar-refractivity contribution in [1.29, 1.82) is 0 Å². The van der Waals surface area contributed by atoms with Gasteiger partial charge in [0.25, 0.3) is 5.91 Å². The van der Waals surface area contributed by atoms with E-state index in [1.54, 1.807) is 15.2 Å². The van der Waals surface area contributed by atoms with Crippen LogP contribution in [0.5, 0.6) is 0 Å². The number of amides is 3. The van der Waals surface area contributed by atoms with Crippen molar-refractivity contribution in [2.75, 3.05) is 32.8 Å². The number of hydrogen-bond donors (Lipinski definition) is 2. The van der Waals surface area contributed by atoms with E-state index in [2.05, 4.69) is 10.3 Å². The molecule has 0 spiro atoms. The lowest BCUT2D eigenvalue weighted by Crippen LogP contribution is -2.56. The topological polar surface area (TPSA) is 129 Å². The number of aliphatic carboxylic acids is 1. The van der Waals surface area contributed by atoms with Gasteiger partial charge in [-0.3, -0.25) is 14.4 Å². The molecule has 1 atom stereocenters. The van der Waals surface area contributed by atoms with Crippen LogP contribution in [0.25, 0.3) is 10.6 Å². The lowest BCUT2D eigenvalue weighted by molar-refractivity contribution is -0.138. The van der Waals surface area contributed by atoms with E-state index in [0.29, 0.717) is 24.7 Å². The van der Waals surface area contributed by atoms with Crippen molar-refractivity contribution in [3.63, 3.8) is 0 Å². The summed E-state index contributed by atoms with van der Waals surface area (Å²) in [4.78, 5) is 57.0. The Bertz CT molecular complexity index is 1080. The van der Waals surface area contributed by atoms with E-state index in [4.69, 9.17) is 9.84 Å². The van der Waals surface area contributed by atoms with Gasteiger partial charge in [0, 0.05) is 43.5 Å². The van der Waals surface area contributed by atoms with E-state index in [1.165, 1.54) is 11.3 Å². The Balaban J connectivity index is 1.63. The lowest BCUT2D eigenvalue weighted by Gasteiger charge is -2.36. The first-order valence-corrected chi connectivity index (χ1v) is 12.9. The molecule has 10 nitrogen and oxygen atoms in total. The number of benzene rings is 1. The molecule has 0 saturated carbocycles. The summed E-state index contributed by atoms with van der Waals surface area (Å²) in [7, 11) is 0. The van der Waals surface area contributed by atoms with Crippen LogP contribution in [0.1, 0.15) is 48.7 Å². The van der Waals surface area contributed by atoms with Gasteiger partial charge < -0.3 is 25.0 Å². The molecule has 0 bridgehead atoms. The van der Waals surface area contributed by atoms with Crippen molar-refractivity contribution in [2.45, 2.75) is 45.6 Å². The van der Waals surface area contributed by atoms with E-state index >= 15 is 0 Å². The first-order valence-electron chi connectivity index (χ1n) is 12.0. The monoisotopic (exact) mass is 516 g/mol. The summed E-state index contributed by atoms with van der Waals surface area (Å²) >= 11 is 1.33. The van der Waals surface area contributed by atoms with Crippen LogP contribution in [0.4, 0.5) is 4.79 Å². The molecule has 3 amide bonds. The lowest BCUT2D eigenvalue weighted by atomic mass is 10.1. The molecule has 0 unspecified atom stereocenters. The third-order valence-electron chi connectivity index (χ3n) is 5.94. The molecule has 2 N–H and O–H groups in total. The summed E-state index contributed by atoms with van der Waals surface area (Å²) in [6.07, 6.45) is 0.993. The molecular formula is C25H32N4O6S. The highest BCUT2D eigenvalue weighted by Crippen LogP contribution is 2.26. The number of thiazole rings is 1. The molecule has 1 aromatic carbocycles. The average molecular weight is 517 g/mol. The maximum Gasteiger partial charge on any atom is 0.409 e. The molecule has 1 aliphatic rings. The Morgan fingerprint density at radius 2 is 1.83 bits per heavy atom. The van der Waals surface area contributed by atoms with Gasteiger partial charge in [0.05, 0.1) is 6.61 Å². The third kappa shape index (κ3) is 7.27. The summed E-state index contributed by atoms with van der Waals surface area (Å²) in [5.74, 6) is -1.97. The van der Waals surface area contributed by atoms with Crippen molar-refractivity contribution in [2.24, 2.45) is 0 Å². The zero-order chi connectivity index (χ0) is 26.1. The fraction of sp³-hybridized carbons (Fsp3) is 0.480. The Morgan fingerprint density at radius 3 is 2.50 bits per heavy atom. The molecule has 1 saturated heterocycles. The molecule has 0 radical (unpaired) electrons. The standard InChI is InChI=1S/C25H32N4O6S/c1-3-4-15-35-25(34)29-13-11-28(12-14-29)24(33)19(9-10-21(30)31)26-22(32)20-16-36-23(27-20)18-8-6-5-7-17(18)2/h5-8,16,19H,3-4,9-15H2,1-2H3,(H,26,32)(H,30,31)/t19-/m0/s1. The minimum atomic E-state index is -1.06. The summed E-state index contributed by atoms with van der Waals surface area (Å²) in [5, 5.41) is 14.1. The third-order valence-corrected chi connectivity index (χ3v) is 6.81. The predicted molar refractivity (Wildman–Crippen MR) is 135 cm³/mol. The Labute approximate surface area is 214 Å². The number of ether oxygens (including phenoxy) is 1. The highest BCUT2D eigenvalue weighted by molar-refractivity contribution is 7.13. The van der Waals surface area contributed by atoms with Crippen LogP contribution in [0.15, 0.2) is 29.6 Å². The van der Waals surface area contributed by atoms with Crippen LogP contribution in [0, 0.1) is 6.92 Å². The molecule has 0 aliphatic carbocycles. The number of unbranched alkanes of at least 4 members (excludes halogenated alkanes) is 1. The molecule has 1 aromatic heterocycles. The zero-order valence-corrected chi connectivity index (χ0v) is 21.4. The second kappa shape index (κ2) is 13.0. The first kappa shape index (κ1) is 27.1. The molecule has 194 valence electrons. The maximum absolute atomic E-state index is 13.2. The van der Waals surface area contributed by atoms with Crippen LogP contribution in [0.2, 0.25) is 0 Å². The van der Waals surface area contributed by atoms with E-state index in [1.807, 2.05) is 38.1 Å². The van der Waals surface area contributed by atoms with Crippen LogP contribution in [-0.2, 0) is 14.3 Å². The van der Waals surface area contributed by atoms with Gasteiger partial charge in [-0.05, 0) is 25.3 Å². The summed E-state index contributed by atoms with van der Waals surface area (Å²) in [6, 6.07) is 6.69. The minimum Gasteiger partial charge on any atom is -0.481 e. The van der Waals surface area contributed by atoms with E-state index < -0.39 is 24.0 Å². The molecule has 2 aromatic rings. The normalized spacial score (nSPS) is 14.3. The number of carboxylic acids is 1. The molecule has 2 heterocycles. The van der Waals surface area contributed by atoms with Gasteiger partial charge >= 0.3 is 12.1 Å². The predicted octanol–water partition coefficient (Wildman–Crippen LogP) is 3.16. The number of aromatic nitrogens is 1. The molecule has 11 heteroatoms. The molecule has 3 rings (SSSR count). The summed E-state index contributed by atoms with van der Waals surface area (Å²) < 4.78 is 5.23. The van der Waals surface area contributed by atoms with Crippen molar-refractivity contribution < 1.29 is 29.0 Å². The number of aryl methyl sites for hydroxylation is 1. The molecule has 1 aliphatic heterocycles. The zero-order valence-electron chi connectivity index (χ0n) is 20.6. The summed E-state index contributed by atoms with van der Waals surface area (Å²) in [6.45, 7) is 5.49. The Kier molecular flexibility index (Phi) is 9.80. The van der Waals surface area contributed by atoms with Crippen LogP contribution >= 0.6 is 11.3 Å². The Hall–Kier alpha value is -3.47. The van der Waals surface area contributed by atoms with Crippen molar-refractivity contribution in [3.05, 3.63) is 40.9 Å². The highest BCUT2D eigenvalue weighted by atomic mass is 32.1. The van der Waals surface area contributed by atoms with Crippen LogP contribution in [-0.4, -0.2) is 82.6 Å². The molecule has 1 fully saturated rings. The van der Waals surface area contributed by atoms with E-state index in [0.717, 1.165) is 24.0 Å². The smallest absolute Gasteiger partial charge is 0.409 e. The number of carbonyl (C=O) groups is 4. The number of nitrogens with zero attached hydrogens (tertiary/aromatic N) is 3. The second-order valence-electron chi connectivity index (χ2n) is 8.59. The number of nitrogens with one attached hydrogen (secondary N) is 1. The molecule has 36 heavy (non-hydrogen) atoms. The number of piperazine rings is 1. The van der Waals surface area contributed by atoms with Crippen LogP contribution in [0.3, 0.4) is 0 Å². The van der Waals surface area contributed by atoms with Gasteiger partial charge in [0.15, 0.2) is 0 Å². The number of carboxylic acid groups (broad SMARTS) is 1. The van der Waals surface area contributed by atoms with Gasteiger partial charge in [-0.15, -0.1) is 11.3 Å². The highest BCUT2D eigenvalue weighted by Gasteiger charge is 2.31. The Morgan fingerprint density at radius 1 is 1.14 bits per heavy atom. The van der Waals surface area contributed by atoms with Crippen LogP contribution < -0.4 is 5.32 Å². The van der Waals surface area contributed by atoms with Gasteiger partial charge in [-0.1, -0.05) is 37.6 Å². The SMILES string of the molecule is CCCCOC(=O)N1CCN(C(=O)[C@H](CCC(=O)O)NC(=O)c2csc(-c3ccccc3C)n2)CC1. The van der Waals surface area contributed by atoms with Crippen molar-refractivity contribution in [1.82, 2.24) is 20.1 Å². The number of carbonyl (C=O) groups excluding carboxylic acids is 3. The van der Waals surface area contributed by atoms with Gasteiger partial charge in [-0.2, -0.15) is 0 Å². The number of rotatable bonds is 10. The van der Waals surface area contributed by atoms with Gasteiger partial charge in [0.1, 0.15) is 16.7 Å².